The monoisotopic (exact) mass is 171 g/mol. The fourth-order valence-electron chi connectivity index (χ4n) is 1.87. The first kappa shape index (κ1) is 9.68. The third kappa shape index (κ3) is 2.91. The van der Waals surface area contributed by atoms with Gasteiger partial charge in [-0.1, -0.05) is 6.92 Å². The van der Waals surface area contributed by atoms with Crippen molar-refractivity contribution in [1.29, 1.82) is 0 Å². The highest BCUT2D eigenvalue weighted by molar-refractivity contribution is 5.77. The van der Waals surface area contributed by atoms with Gasteiger partial charge in [-0.05, 0) is 19.3 Å². The second kappa shape index (κ2) is 4.01. The molecule has 0 aromatic rings. The Balaban J connectivity index is 2.38. The van der Waals surface area contributed by atoms with E-state index in [9.17, 15) is 9.90 Å². The minimum absolute atomic E-state index is 0.177. The lowest BCUT2D eigenvalue weighted by Gasteiger charge is -2.33. The summed E-state index contributed by atoms with van der Waals surface area (Å²) in [6.45, 7) is 5.78. The summed E-state index contributed by atoms with van der Waals surface area (Å²) >= 11 is 0. The zero-order chi connectivity index (χ0) is 9.14. The van der Waals surface area contributed by atoms with E-state index in [1.165, 1.54) is 0 Å². The van der Waals surface area contributed by atoms with E-state index in [0.717, 1.165) is 13.0 Å². The highest BCUT2D eigenvalue weighted by Crippen LogP contribution is 2.15. The number of β-amino-alcohol motifs (C(OH)–C–C–N with tert-alkyl or cyclic N) is 1. The Morgan fingerprint density at radius 2 is 2.25 bits per heavy atom. The highest BCUT2D eigenvalue weighted by atomic mass is 16.3. The van der Waals surface area contributed by atoms with Gasteiger partial charge in [-0.15, -0.1) is 0 Å². The lowest BCUT2D eigenvalue weighted by molar-refractivity contribution is -0.119. The van der Waals surface area contributed by atoms with Gasteiger partial charge in [0.25, 0.3) is 0 Å². The average molecular weight is 171 g/mol. The molecule has 0 amide bonds. The smallest absolute Gasteiger partial charge is 0.143 e. The molecule has 0 aromatic carbocycles. The van der Waals surface area contributed by atoms with Gasteiger partial charge in [0.1, 0.15) is 5.78 Å². The molecule has 0 bridgehead atoms. The Labute approximate surface area is 73.4 Å². The fraction of sp³-hybridized carbons (Fsp3) is 0.889. The van der Waals surface area contributed by atoms with Gasteiger partial charge in [0.05, 0.1) is 12.6 Å². The van der Waals surface area contributed by atoms with Crippen molar-refractivity contribution in [2.75, 3.05) is 19.6 Å². The Morgan fingerprint density at radius 1 is 1.58 bits per heavy atom. The van der Waals surface area contributed by atoms with Crippen LogP contribution in [0.4, 0.5) is 0 Å². The molecule has 12 heavy (non-hydrogen) atoms. The number of rotatable bonds is 2. The van der Waals surface area contributed by atoms with Crippen LogP contribution >= 0.6 is 0 Å². The molecular weight excluding hydrogens is 154 g/mol. The first-order valence-corrected chi connectivity index (χ1v) is 4.47. The second-order valence-corrected chi connectivity index (χ2v) is 3.89. The van der Waals surface area contributed by atoms with Gasteiger partial charge in [-0.3, -0.25) is 9.69 Å². The van der Waals surface area contributed by atoms with Crippen molar-refractivity contribution in [3.05, 3.63) is 0 Å². The normalized spacial score (nSPS) is 31.9. The Bertz CT molecular complexity index is 160. The van der Waals surface area contributed by atoms with Crippen LogP contribution < -0.4 is 0 Å². The molecule has 0 radical (unpaired) electrons. The first-order chi connectivity index (χ1) is 5.58. The van der Waals surface area contributed by atoms with E-state index >= 15 is 0 Å². The summed E-state index contributed by atoms with van der Waals surface area (Å²) in [5.74, 6) is 0.685. The molecule has 0 unspecified atom stereocenters. The summed E-state index contributed by atoms with van der Waals surface area (Å²) in [6.07, 6.45) is 0.627. The molecule has 1 aliphatic rings. The van der Waals surface area contributed by atoms with Gasteiger partial charge < -0.3 is 5.11 Å². The molecular formula is C9H17NO2. The van der Waals surface area contributed by atoms with Crippen molar-refractivity contribution < 1.29 is 9.90 Å². The van der Waals surface area contributed by atoms with Crippen LogP contribution in [0.3, 0.4) is 0 Å². The third-order valence-corrected chi connectivity index (χ3v) is 2.16. The molecule has 1 aliphatic heterocycles. The van der Waals surface area contributed by atoms with Crippen molar-refractivity contribution in [1.82, 2.24) is 4.90 Å². The summed E-state index contributed by atoms with van der Waals surface area (Å²) in [7, 11) is 0. The molecule has 1 rings (SSSR count). The maximum atomic E-state index is 10.8. The van der Waals surface area contributed by atoms with E-state index in [2.05, 4.69) is 6.92 Å². The number of nitrogens with zero attached hydrogens (tertiary/aromatic N) is 1. The predicted octanol–water partition coefficient (Wildman–Crippen LogP) is 0.278. The van der Waals surface area contributed by atoms with Gasteiger partial charge >= 0.3 is 0 Å². The number of carbonyl (C=O) groups is 1. The number of hydrogen-bond donors (Lipinski definition) is 1. The number of piperidine rings is 1. The lowest BCUT2D eigenvalue weighted by Crippen LogP contribution is -2.44. The van der Waals surface area contributed by atoms with Crippen molar-refractivity contribution in [3.63, 3.8) is 0 Å². The average Bonchev–Trinajstić information content (AvgIpc) is 1.81. The summed E-state index contributed by atoms with van der Waals surface area (Å²) in [5, 5.41) is 9.41. The predicted molar refractivity (Wildman–Crippen MR) is 46.9 cm³/mol. The first-order valence-electron chi connectivity index (χ1n) is 4.47. The Kier molecular flexibility index (Phi) is 3.23. The minimum atomic E-state index is -0.243. The highest BCUT2D eigenvalue weighted by Gasteiger charge is 2.23. The van der Waals surface area contributed by atoms with E-state index in [0.29, 0.717) is 19.0 Å². The molecule has 1 saturated heterocycles. The van der Waals surface area contributed by atoms with Crippen LogP contribution in [0.15, 0.2) is 0 Å². The maximum absolute atomic E-state index is 10.8. The SMILES string of the molecule is CC(=O)CN1C[C@H](C)C[C@H](O)C1. The van der Waals surface area contributed by atoms with Crippen molar-refractivity contribution in [2.45, 2.75) is 26.4 Å². The summed E-state index contributed by atoms with van der Waals surface area (Å²) in [4.78, 5) is 12.8. The number of aliphatic hydroxyl groups excluding tert-OH is 1. The maximum Gasteiger partial charge on any atom is 0.143 e. The molecule has 3 heteroatoms. The summed E-state index contributed by atoms with van der Waals surface area (Å²) in [5.41, 5.74) is 0. The van der Waals surface area contributed by atoms with Gasteiger partial charge in [0.2, 0.25) is 0 Å². The molecule has 1 N–H and O–H groups in total. The Morgan fingerprint density at radius 3 is 2.75 bits per heavy atom. The standard InChI is InChI=1S/C9H17NO2/c1-7-3-9(12)6-10(4-7)5-8(2)11/h7,9,12H,3-6H2,1-2H3/t7-,9+/m1/s1. The topological polar surface area (TPSA) is 40.5 Å². The lowest BCUT2D eigenvalue weighted by atomic mass is 9.98. The van der Waals surface area contributed by atoms with Gasteiger partial charge in [0, 0.05) is 13.1 Å². The summed E-state index contributed by atoms with van der Waals surface area (Å²) in [6, 6.07) is 0. The number of ketones is 1. The largest absolute Gasteiger partial charge is 0.392 e. The minimum Gasteiger partial charge on any atom is -0.392 e. The van der Waals surface area contributed by atoms with Crippen LogP contribution in [0.5, 0.6) is 0 Å². The number of aliphatic hydroxyl groups is 1. The molecule has 2 atom stereocenters. The van der Waals surface area contributed by atoms with E-state index in [4.69, 9.17) is 0 Å². The molecule has 0 aromatic heterocycles. The van der Waals surface area contributed by atoms with E-state index in [1.807, 2.05) is 4.90 Å². The molecule has 1 fully saturated rings. The number of likely N-dealkylation sites (tertiary alicyclic amines) is 1. The third-order valence-electron chi connectivity index (χ3n) is 2.16. The molecule has 1 heterocycles. The second-order valence-electron chi connectivity index (χ2n) is 3.89. The van der Waals surface area contributed by atoms with Crippen LogP contribution in [-0.2, 0) is 4.79 Å². The van der Waals surface area contributed by atoms with Crippen LogP contribution in [-0.4, -0.2) is 41.5 Å². The van der Waals surface area contributed by atoms with Crippen LogP contribution in [0, 0.1) is 5.92 Å². The van der Waals surface area contributed by atoms with Crippen molar-refractivity contribution >= 4 is 5.78 Å². The van der Waals surface area contributed by atoms with Crippen molar-refractivity contribution in [2.24, 2.45) is 5.92 Å². The van der Waals surface area contributed by atoms with E-state index < -0.39 is 0 Å². The molecule has 3 nitrogen and oxygen atoms in total. The number of Topliss-reactive ketones (excluding diaryl/α,β-unsaturated/α-hetero) is 1. The van der Waals surface area contributed by atoms with Gasteiger partial charge in [-0.25, -0.2) is 0 Å². The molecule has 0 aliphatic carbocycles. The van der Waals surface area contributed by atoms with Gasteiger partial charge in [0.15, 0.2) is 0 Å². The van der Waals surface area contributed by atoms with E-state index in [1.54, 1.807) is 6.92 Å². The molecule has 0 saturated carbocycles. The van der Waals surface area contributed by atoms with E-state index in [-0.39, 0.29) is 11.9 Å². The Hall–Kier alpha value is -0.410. The zero-order valence-corrected chi connectivity index (χ0v) is 7.79. The molecule has 70 valence electrons. The fourth-order valence-corrected chi connectivity index (χ4v) is 1.87. The number of carbonyl (C=O) groups excluding carboxylic acids is 1. The van der Waals surface area contributed by atoms with Gasteiger partial charge in [-0.2, -0.15) is 0 Å². The quantitative estimate of drug-likeness (QED) is 0.648. The number of hydrogen-bond acceptors (Lipinski definition) is 3. The summed E-state index contributed by atoms with van der Waals surface area (Å²) < 4.78 is 0. The van der Waals surface area contributed by atoms with Crippen LogP contribution in [0.2, 0.25) is 0 Å². The van der Waals surface area contributed by atoms with Crippen LogP contribution in [0.25, 0.3) is 0 Å². The van der Waals surface area contributed by atoms with Crippen molar-refractivity contribution in [3.8, 4) is 0 Å². The molecule has 0 spiro atoms. The zero-order valence-electron chi connectivity index (χ0n) is 7.79. The van der Waals surface area contributed by atoms with Crippen LogP contribution in [0.1, 0.15) is 20.3 Å².